The maximum atomic E-state index is 12.6. The summed E-state index contributed by atoms with van der Waals surface area (Å²) in [6.07, 6.45) is 0. The van der Waals surface area contributed by atoms with Crippen LogP contribution in [-0.2, 0) is 0 Å². The third kappa shape index (κ3) is 4.43. The molecule has 0 aliphatic carbocycles. The molecule has 0 fully saturated rings. The Bertz CT molecular complexity index is 728. The molecular weight excluding hydrogens is 302 g/mol. The van der Waals surface area contributed by atoms with Gasteiger partial charge in [0.25, 0.3) is 11.8 Å². The molecular formula is C19H23N3O2. The van der Waals surface area contributed by atoms with Crippen molar-refractivity contribution >= 4 is 17.5 Å². The number of anilines is 1. The van der Waals surface area contributed by atoms with E-state index in [-0.39, 0.29) is 11.8 Å². The molecule has 2 aromatic carbocycles. The Hall–Kier alpha value is -2.66. The lowest BCUT2D eigenvalue weighted by Gasteiger charge is -2.19. The van der Waals surface area contributed by atoms with Crippen molar-refractivity contribution in [3.63, 3.8) is 0 Å². The van der Waals surface area contributed by atoms with Crippen LogP contribution in [0, 0.1) is 6.92 Å². The predicted molar refractivity (Wildman–Crippen MR) is 96.5 cm³/mol. The molecule has 0 radical (unpaired) electrons. The first-order valence-electron chi connectivity index (χ1n) is 7.90. The van der Waals surface area contributed by atoms with Crippen LogP contribution >= 0.6 is 0 Å². The summed E-state index contributed by atoms with van der Waals surface area (Å²) < 4.78 is 0. The number of nitrogens with zero attached hydrogens (tertiary/aromatic N) is 1. The second-order valence-electron chi connectivity index (χ2n) is 5.70. The van der Waals surface area contributed by atoms with Gasteiger partial charge in [-0.25, -0.2) is 0 Å². The SMILES string of the molecule is CNCCN(C)C(=O)c1ccccc1NC(=O)c1cccc(C)c1. The van der Waals surface area contributed by atoms with Gasteiger partial charge in [-0.2, -0.15) is 0 Å². The lowest BCUT2D eigenvalue weighted by molar-refractivity contribution is 0.0798. The van der Waals surface area contributed by atoms with Crippen LogP contribution < -0.4 is 10.6 Å². The summed E-state index contributed by atoms with van der Waals surface area (Å²) in [5, 5.41) is 5.86. The minimum absolute atomic E-state index is 0.120. The maximum absolute atomic E-state index is 12.6. The van der Waals surface area contributed by atoms with Crippen LogP contribution in [0.15, 0.2) is 48.5 Å². The smallest absolute Gasteiger partial charge is 0.255 e. The molecule has 0 bridgehead atoms. The number of nitrogens with one attached hydrogen (secondary N) is 2. The number of hydrogen-bond acceptors (Lipinski definition) is 3. The second-order valence-corrected chi connectivity index (χ2v) is 5.70. The Kier molecular flexibility index (Phi) is 6.09. The molecule has 5 heteroatoms. The van der Waals surface area contributed by atoms with Gasteiger partial charge in [0, 0.05) is 25.7 Å². The number of likely N-dealkylation sites (N-methyl/N-ethyl adjacent to an activating group) is 2. The van der Waals surface area contributed by atoms with E-state index < -0.39 is 0 Å². The summed E-state index contributed by atoms with van der Waals surface area (Å²) in [6.45, 7) is 3.24. The van der Waals surface area contributed by atoms with Gasteiger partial charge in [-0.15, -0.1) is 0 Å². The third-order valence-electron chi connectivity index (χ3n) is 3.73. The molecule has 126 valence electrons. The minimum atomic E-state index is -0.225. The van der Waals surface area contributed by atoms with Gasteiger partial charge in [0.15, 0.2) is 0 Å². The second kappa shape index (κ2) is 8.26. The minimum Gasteiger partial charge on any atom is -0.340 e. The molecule has 2 amide bonds. The van der Waals surface area contributed by atoms with Crippen LogP contribution in [0.3, 0.4) is 0 Å². The molecule has 0 saturated heterocycles. The molecule has 0 saturated carbocycles. The Morgan fingerprint density at radius 1 is 1.08 bits per heavy atom. The Morgan fingerprint density at radius 2 is 1.83 bits per heavy atom. The van der Waals surface area contributed by atoms with Gasteiger partial charge in [-0.05, 0) is 38.2 Å². The van der Waals surface area contributed by atoms with E-state index in [4.69, 9.17) is 0 Å². The summed E-state index contributed by atoms with van der Waals surface area (Å²) in [7, 11) is 3.59. The first-order chi connectivity index (χ1) is 11.5. The molecule has 2 aromatic rings. The average molecular weight is 325 g/mol. The fourth-order valence-electron chi connectivity index (χ4n) is 2.35. The molecule has 0 spiro atoms. The van der Waals surface area contributed by atoms with E-state index in [9.17, 15) is 9.59 Å². The highest BCUT2D eigenvalue weighted by atomic mass is 16.2. The van der Waals surface area contributed by atoms with Crippen LogP contribution in [0.5, 0.6) is 0 Å². The Labute approximate surface area is 142 Å². The van der Waals surface area contributed by atoms with E-state index in [0.717, 1.165) is 5.56 Å². The standard InChI is InChI=1S/C19H23N3O2/c1-14-7-6-8-15(13-14)18(23)21-17-10-5-4-9-16(17)19(24)22(3)12-11-20-2/h4-10,13,20H,11-12H2,1-3H3,(H,21,23). The molecule has 0 aliphatic rings. The first kappa shape index (κ1) is 17.7. The van der Waals surface area contributed by atoms with Crippen LogP contribution in [0.25, 0.3) is 0 Å². The number of hydrogen-bond donors (Lipinski definition) is 2. The van der Waals surface area contributed by atoms with E-state index in [1.807, 2.05) is 32.2 Å². The molecule has 0 heterocycles. The van der Waals surface area contributed by atoms with Gasteiger partial charge in [0.1, 0.15) is 0 Å². The lowest BCUT2D eigenvalue weighted by Crippen LogP contribution is -2.33. The number of amides is 2. The van der Waals surface area contributed by atoms with Crippen molar-refractivity contribution in [3.05, 3.63) is 65.2 Å². The summed E-state index contributed by atoms with van der Waals surface area (Å²) in [6, 6.07) is 14.4. The third-order valence-corrected chi connectivity index (χ3v) is 3.73. The molecule has 0 unspecified atom stereocenters. The molecule has 5 nitrogen and oxygen atoms in total. The van der Waals surface area contributed by atoms with Crippen LogP contribution in [0.2, 0.25) is 0 Å². The van der Waals surface area contributed by atoms with Crippen molar-refractivity contribution in [3.8, 4) is 0 Å². The van der Waals surface area contributed by atoms with Crippen LogP contribution in [0.1, 0.15) is 26.3 Å². The van der Waals surface area contributed by atoms with Crippen molar-refractivity contribution in [2.75, 3.05) is 32.5 Å². The molecule has 2 rings (SSSR count). The van der Waals surface area contributed by atoms with Crippen molar-refractivity contribution < 1.29 is 9.59 Å². The van der Waals surface area contributed by atoms with Crippen LogP contribution in [0.4, 0.5) is 5.69 Å². The average Bonchev–Trinajstić information content (AvgIpc) is 2.59. The number of carbonyl (C=O) groups excluding carboxylic acids is 2. The highest BCUT2D eigenvalue weighted by Crippen LogP contribution is 2.18. The molecule has 0 atom stereocenters. The quantitative estimate of drug-likeness (QED) is 0.858. The molecule has 0 aliphatic heterocycles. The van der Waals surface area contributed by atoms with E-state index in [2.05, 4.69) is 10.6 Å². The number of para-hydroxylation sites is 1. The number of carbonyl (C=O) groups is 2. The first-order valence-corrected chi connectivity index (χ1v) is 7.90. The highest BCUT2D eigenvalue weighted by molar-refractivity contribution is 6.09. The monoisotopic (exact) mass is 325 g/mol. The summed E-state index contributed by atoms with van der Waals surface area (Å²) in [5.74, 6) is -0.345. The summed E-state index contributed by atoms with van der Waals surface area (Å²) in [5.41, 5.74) is 2.59. The fourth-order valence-corrected chi connectivity index (χ4v) is 2.35. The molecule has 24 heavy (non-hydrogen) atoms. The zero-order valence-electron chi connectivity index (χ0n) is 14.3. The Balaban J connectivity index is 2.19. The highest BCUT2D eigenvalue weighted by Gasteiger charge is 2.17. The normalized spacial score (nSPS) is 10.3. The van der Waals surface area contributed by atoms with Gasteiger partial charge in [-0.1, -0.05) is 29.8 Å². The van der Waals surface area contributed by atoms with Crippen molar-refractivity contribution in [1.29, 1.82) is 0 Å². The van der Waals surface area contributed by atoms with E-state index >= 15 is 0 Å². The van der Waals surface area contributed by atoms with Gasteiger partial charge < -0.3 is 15.5 Å². The van der Waals surface area contributed by atoms with Crippen molar-refractivity contribution in [2.45, 2.75) is 6.92 Å². The lowest BCUT2D eigenvalue weighted by atomic mass is 10.1. The topological polar surface area (TPSA) is 61.4 Å². The zero-order chi connectivity index (χ0) is 17.5. The fraction of sp³-hybridized carbons (Fsp3) is 0.263. The Morgan fingerprint density at radius 3 is 2.54 bits per heavy atom. The zero-order valence-corrected chi connectivity index (χ0v) is 14.3. The van der Waals surface area contributed by atoms with Crippen molar-refractivity contribution in [1.82, 2.24) is 10.2 Å². The van der Waals surface area contributed by atoms with Gasteiger partial charge in [0.05, 0.1) is 11.3 Å². The summed E-state index contributed by atoms with van der Waals surface area (Å²) in [4.78, 5) is 26.7. The van der Waals surface area contributed by atoms with Crippen molar-refractivity contribution in [2.24, 2.45) is 0 Å². The number of benzene rings is 2. The maximum Gasteiger partial charge on any atom is 0.255 e. The van der Waals surface area contributed by atoms with Gasteiger partial charge in [-0.3, -0.25) is 9.59 Å². The molecule has 2 N–H and O–H groups in total. The van der Waals surface area contributed by atoms with E-state index in [0.29, 0.717) is 29.9 Å². The van der Waals surface area contributed by atoms with Crippen LogP contribution in [-0.4, -0.2) is 43.9 Å². The number of aryl methyl sites for hydroxylation is 1. The van der Waals surface area contributed by atoms with E-state index in [1.54, 1.807) is 42.3 Å². The largest absolute Gasteiger partial charge is 0.340 e. The van der Waals surface area contributed by atoms with Gasteiger partial charge >= 0.3 is 0 Å². The predicted octanol–water partition coefficient (Wildman–Crippen LogP) is 2.54. The van der Waals surface area contributed by atoms with E-state index in [1.165, 1.54) is 0 Å². The molecule has 0 aromatic heterocycles. The van der Waals surface area contributed by atoms with Gasteiger partial charge in [0.2, 0.25) is 0 Å². The summed E-state index contributed by atoms with van der Waals surface area (Å²) >= 11 is 0. The number of rotatable bonds is 6.